The number of hydrogen-bond donors (Lipinski definition) is 1. The summed E-state index contributed by atoms with van der Waals surface area (Å²) in [7, 11) is 0. The van der Waals surface area contributed by atoms with Crippen LogP contribution in [-0.2, 0) is 12.6 Å². The number of ketones is 1. The zero-order valence-corrected chi connectivity index (χ0v) is 17.8. The summed E-state index contributed by atoms with van der Waals surface area (Å²) in [5, 5.41) is 0.969. The predicted octanol–water partition coefficient (Wildman–Crippen LogP) is 6.20. The highest BCUT2D eigenvalue weighted by Gasteiger charge is 2.30. The number of fused-ring (bicyclic) bond motifs is 1. The topological polar surface area (TPSA) is 36.1 Å². The molecule has 0 radical (unpaired) electrons. The van der Waals surface area contributed by atoms with Gasteiger partial charge in [0.15, 0.2) is 5.78 Å². The lowest BCUT2D eigenvalue weighted by Gasteiger charge is -2.34. The van der Waals surface area contributed by atoms with E-state index in [1.54, 1.807) is 6.07 Å². The molecule has 164 valence electrons. The molecule has 0 unspecified atom stereocenters. The number of nitrogens with zero attached hydrogens (tertiary/aromatic N) is 1. The van der Waals surface area contributed by atoms with E-state index in [1.165, 1.54) is 11.6 Å². The molecule has 1 fully saturated rings. The molecule has 1 N–H and O–H groups in total. The molecule has 0 saturated carbocycles. The fourth-order valence-corrected chi connectivity index (χ4v) is 4.44. The summed E-state index contributed by atoms with van der Waals surface area (Å²) in [6.45, 7) is 6.64. The van der Waals surface area contributed by atoms with Crippen molar-refractivity contribution >= 4 is 16.7 Å². The number of piperidine rings is 1. The summed E-state index contributed by atoms with van der Waals surface area (Å²) in [6.07, 6.45) is -2.25. The smallest absolute Gasteiger partial charge is 0.352 e. The zero-order chi connectivity index (χ0) is 22.2. The van der Waals surface area contributed by atoms with Crippen molar-refractivity contribution in [3.05, 3.63) is 70.9 Å². The molecule has 2 aromatic carbocycles. The van der Waals surface area contributed by atoms with E-state index < -0.39 is 11.7 Å². The van der Waals surface area contributed by atoms with Crippen molar-refractivity contribution in [2.24, 2.45) is 0 Å². The molecule has 0 spiro atoms. The normalized spacial score (nSPS) is 16.3. The summed E-state index contributed by atoms with van der Waals surface area (Å²) < 4.78 is 38.8. The number of aromatic amines is 1. The Morgan fingerprint density at radius 1 is 1.10 bits per heavy atom. The van der Waals surface area contributed by atoms with Crippen molar-refractivity contribution in [3.8, 4) is 0 Å². The lowest BCUT2D eigenvalue weighted by Crippen LogP contribution is -2.37. The Hall–Kier alpha value is -2.60. The minimum Gasteiger partial charge on any atom is -0.352 e. The van der Waals surface area contributed by atoms with Crippen LogP contribution in [0.5, 0.6) is 0 Å². The third kappa shape index (κ3) is 4.85. The van der Waals surface area contributed by atoms with E-state index in [1.807, 2.05) is 12.1 Å². The second-order valence-electron chi connectivity index (χ2n) is 8.73. The number of alkyl halides is 3. The van der Waals surface area contributed by atoms with Gasteiger partial charge in [-0.1, -0.05) is 24.3 Å². The maximum absolute atomic E-state index is 12.9. The van der Waals surface area contributed by atoms with Gasteiger partial charge in [-0.25, -0.2) is 0 Å². The number of likely N-dealkylation sites (tertiary alicyclic amines) is 1. The highest BCUT2D eigenvalue weighted by Crippen LogP contribution is 2.32. The van der Waals surface area contributed by atoms with Crippen LogP contribution in [0, 0.1) is 0 Å². The van der Waals surface area contributed by atoms with Gasteiger partial charge in [0, 0.05) is 23.4 Å². The molecule has 1 saturated heterocycles. The predicted molar refractivity (Wildman–Crippen MR) is 116 cm³/mol. The van der Waals surface area contributed by atoms with Crippen molar-refractivity contribution < 1.29 is 18.0 Å². The Morgan fingerprint density at radius 3 is 2.52 bits per heavy atom. The lowest BCUT2D eigenvalue weighted by molar-refractivity contribution is -0.137. The summed E-state index contributed by atoms with van der Waals surface area (Å²) in [5.74, 6) is 0.292. The van der Waals surface area contributed by atoms with Crippen LogP contribution >= 0.6 is 0 Å². The monoisotopic (exact) mass is 428 g/mol. The number of nitrogens with one attached hydrogen (secondary N) is 1. The van der Waals surface area contributed by atoms with Gasteiger partial charge in [-0.2, -0.15) is 13.2 Å². The minimum atomic E-state index is -4.41. The number of carbonyl (C=O) groups excluding carboxylic acids is 1. The second-order valence-corrected chi connectivity index (χ2v) is 8.73. The molecule has 4 rings (SSSR count). The van der Waals surface area contributed by atoms with Gasteiger partial charge in [0.1, 0.15) is 0 Å². The Kier molecular flexibility index (Phi) is 5.93. The average Bonchev–Trinajstić information content (AvgIpc) is 3.17. The molecule has 3 aromatic rings. The van der Waals surface area contributed by atoms with Crippen molar-refractivity contribution in [2.75, 3.05) is 13.1 Å². The maximum Gasteiger partial charge on any atom is 0.416 e. The van der Waals surface area contributed by atoms with Crippen LogP contribution in [0.1, 0.15) is 59.8 Å². The van der Waals surface area contributed by atoms with Gasteiger partial charge in [-0.3, -0.25) is 4.79 Å². The number of aromatic nitrogens is 1. The van der Waals surface area contributed by atoms with Gasteiger partial charge >= 0.3 is 6.18 Å². The van der Waals surface area contributed by atoms with Crippen LogP contribution < -0.4 is 0 Å². The first-order valence-electron chi connectivity index (χ1n) is 10.8. The van der Waals surface area contributed by atoms with Crippen LogP contribution in [0.2, 0.25) is 0 Å². The van der Waals surface area contributed by atoms with E-state index in [0.29, 0.717) is 23.2 Å². The van der Waals surface area contributed by atoms with E-state index in [9.17, 15) is 18.0 Å². The van der Waals surface area contributed by atoms with E-state index in [0.717, 1.165) is 49.0 Å². The third-order valence-electron chi connectivity index (χ3n) is 6.30. The number of rotatable bonds is 5. The van der Waals surface area contributed by atoms with Crippen molar-refractivity contribution in [3.63, 3.8) is 0 Å². The highest BCUT2D eigenvalue weighted by atomic mass is 19.4. The molecule has 1 aromatic heterocycles. The highest BCUT2D eigenvalue weighted by molar-refractivity contribution is 6.00. The Labute approximate surface area is 180 Å². The maximum atomic E-state index is 12.9. The van der Waals surface area contributed by atoms with Crippen molar-refractivity contribution in [1.82, 2.24) is 9.88 Å². The van der Waals surface area contributed by atoms with E-state index >= 15 is 0 Å². The fraction of sp³-hybridized carbons (Fsp3) is 0.400. The number of H-pyrrole nitrogens is 1. The number of Topliss-reactive ketones (excluding diaryl/α,β-unsaturated/α-hetero) is 1. The molecule has 31 heavy (non-hydrogen) atoms. The zero-order valence-electron chi connectivity index (χ0n) is 17.8. The van der Waals surface area contributed by atoms with Crippen molar-refractivity contribution in [2.45, 2.75) is 51.2 Å². The van der Waals surface area contributed by atoms with Gasteiger partial charge in [-0.15, -0.1) is 0 Å². The average molecular weight is 428 g/mol. The Bertz CT molecular complexity index is 1080. The Morgan fingerprint density at radius 2 is 1.84 bits per heavy atom. The first-order chi connectivity index (χ1) is 14.7. The van der Waals surface area contributed by atoms with Gasteiger partial charge in [-0.05, 0) is 81.1 Å². The van der Waals surface area contributed by atoms with Gasteiger partial charge in [0.25, 0.3) is 0 Å². The lowest BCUT2D eigenvalue weighted by atomic mass is 9.88. The number of hydrogen-bond acceptors (Lipinski definition) is 2. The SMILES string of the molecule is CC(C)N1CCC(c2ccc3[nH]c(C(=O)Cc4cccc(C(F)(F)F)c4)cc3c2)CC1. The summed E-state index contributed by atoms with van der Waals surface area (Å²) in [6, 6.07) is 13.6. The second kappa shape index (κ2) is 8.50. The van der Waals surface area contributed by atoms with Crippen molar-refractivity contribution in [1.29, 1.82) is 0 Å². The quantitative estimate of drug-likeness (QED) is 0.491. The van der Waals surface area contributed by atoms with Crippen LogP contribution in [0.25, 0.3) is 10.9 Å². The largest absolute Gasteiger partial charge is 0.416 e. The fourth-order valence-electron chi connectivity index (χ4n) is 4.44. The molecule has 1 aliphatic rings. The van der Waals surface area contributed by atoms with E-state index in [-0.39, 0.29) is 12.2 Å². The van der Waals surface area contributed by atoms with Gasteiger partial charge in [0.2, 0.25) is 0 Å². The standard InChI is InChI=1S/C25H27F3N2O/c1-16(2)30-10-8-18(9-11-30)19-6-7-22-20(14-19)15-23(29-22)24(31)13-17-4-3-5-21(12-17)25(26,27)28/h3-7,12,14-16,18,29H,8-11,13H2,1-2H3. The number of halogens is 3. The minimum absolute atomic E-state index is 0.0722. The summed E-state index contributed by atoms with van der Waals surface area (Å²) >= 11 is 0. The van der Waals surface area contributed by atoms with Gasteiger partial charge in [0.05, 0.1) is 11.3 Å². The van der Waals surface area contributed by atoms with Crippen LogP contribution in [-0.4, -0.2) is 34.8 Å². The number of benzene rings is 2. The van der Waals surface area contributed by atoms with Crippen LogP contribution in [0.15, 0.2) is 48.5 Å². The molecular formula is C25H27F3N2O. The third-order valence-corrected chi connectivity index (χ3v) is 6.30. The number of carbonyl (C=O) groups is 1. The molecule has 0 amide bonds. The molecule has 3 nitrogen and oxygen atoms in total. The molecule has 0 aliphatic carbocycles. The molecular weight excluding hydrogens is 401 g/mol. The summed E-state index contributed by atoms with van der Waals surface area (Å²) in [5.41, 5.74) is 2.21. The molecule has 6 heteroatoms. The van der Waals surface area contributed by atoms with E-state index in [4.69, 9.17) is 0 Å². The first kappa shape index (κ1) is 21.6. The van der Waals surface area contributed by atoms with Crippen LogP contribution in [0.4, 0.5) is 13.2 Å². The Balaban J connectivity index is 1.49. The van der Waals surface area contributed by atoms with Crippen LogP contribution in [0.3, 0.4) is 0 Å². The van der Waals surface area contributed by atoms with Gasteiger partial charge < -0.3 is 9.88 Å². The summed E-state index contributed by atoms with van der Waals surface area (Å²) in [4.78, 5) is 18.3. The first-order valence-corrected chi connectivity index (χ1v) is 10.8. The molecule has 0 bridgehead atoms. The molecule has 0 atom stereocenters. The molecule has 2 heterocycles. The van der Waals surface area contributed by atoms with E-state index in [2.05, 4.69) is 35.9 Å². The molecule has 1 aliphatic heterocycles.